The maximum Gasteiger partial charge on any atom is 0.157 e. The zero-order chi connectivity index (χ0) is 7.78. The first kappa shape index (κ1) is 9.13. The molecular formula is C6H8Cl3P. The van der Waals surface area contributed by atoms with E-state index in [2.05, 4.69) is 0 Å². The van der Waals surface area contributed by atoms with Crippen LogP contribution in [0.3, 0.4) is 0 Å². The highest BCUT2D eigenvalue weighted by molar-refractivity contribution is 7.87. The van der Waals surface area contributed by atoms with Crippen LogP contribution in [0.2, 0.25) is 0 Å². The normalized spacial score (nSPS) is 38.0. The molecule has 0 aromatic rings. The van der Waals surface area contributed by atoms with Gasteiger partial charge in [0, 0.05) is 19.4 Å². The highest BCUT2D eigenvalue weighted by Gasteiger charge is 2.39. The Bertz CT molecular complexity index is 155. The molecule has 1 aliphatic heterocycles. The molecule has 1 heterocycles. The Morgan fingerprint density at radius 3 is 2.60 bits per heavy atom. The third-order valence-electron chi connectivity index (χ3n) is 1.56. The Labute approximate surface area is 77.1 Å². The molecule has 58 valence electrons. The zero-order valence-electron chi connectivity index (χ0n) is 5.52. The number of halogens is 3. The quantitative estimate of drug-likeness (QED) is 0.327. The van der Waals surface area contributed by atoms with Crippen LogP contribution in [0, 0.1) is 5.92 Å². The summed E-state index contributed by atoms with van der Waals surface area (Å²) >= 11 is 17.9. The van der Waals surface area contributed by atoms with Gasteiger partial charge in [0.15, 0.2) is 4.07 Å². The molecule has 1 rings (SSSR count). The van der Waals surface area contributed by atoms with E-state index in [9.17, 15) is 0 Å². The summed E-state index contributed by atoms with van der Waals surface area (Å²) in [5, 5.41) is 0. The molecule has 0 N–H and O–H groups in total. The summed E-state index contributed by atoms with van der Waals surface area (Å²) in [6, 6.07) is 0. The standard InChI is InChI=1S/C6H8Cl3P/c1-5-3-2-4-10(9)6(5,7)8/h2-3,5H,4H2,1H3. The molecule has 0 amide bonds. The zero-order valence-corrected chi connectivity index (χ0v) is 8.68. The van der Waals surface area contributed by atoms with Crippen molar-refractivity contribution in [2.24, 2.45) is 5.92 Å². The summed E-state index contributed by atoms with van der Waals surface area (Å²) in [7, 11) is -0.758. The average molecular weight is 217 g/mol. The van der Waals surface area contributed by atoms with Crippen LogP contribution < -0.4 is 0 Å². The van der Waals surface area contributed by atoms with Crippen LogP contribution in [0.25, 0.3) is 0 Å². The number of hydrogen-bond acceptors (Lipinski definition) is 0. The molecule has 0 aromatic carbocycles. The molecule has 0 saturated heterocycles. The smallest absolute Gasteiger partial charge is 0.0945 e. The fourth-order valence-electron chi connectivity index (χ4n) is 0.816. The van der Waals surface area contributed by atoms with E-state index in [1.54, 1.807) is 0 Å². The molecule has 0 nitrogen and oxygen atoms in total. The molecule has 0 saturated carbocycles. The van der Waals surface area contributed by atoms with Crippen LogP contribution in [0.5, 0.6) is 0 Å². The van der Waals surface area contributed by atoms with Crippen LogP contribution in [-0.4, -0.2) is 10.2 Å². The molecule has 4 heteroatoms. The second-order valence-corrected chi connectivity index (χ2v) is 7.28. The van der Waals surface area contributed by atoms with Gasteiger partial charge in [-0.2, -0.15) is 0 Å². The van der Waals surface area contributed by atoms with E-state index in [1.165, 1.54) is 0 Å². The summed E-state index contributed by atoms with van der Waals surface area (Å²) in [6.07, 6.45) is 4.89. The van der Waals surface area contributed by atoms with E-state index in [0.717, 1.165) is 6.16 Å². The highest BCUT2D eigenvalue weighted by atomic mass is 35.7. The number of hydrogen-bond donors (Lipinski definition) is 0. The monoisotopic (exact) mass is 216 g/mol. The first-order chi connectivity index (χ1) is 4.55. The minimum atomic E-state index is -0.758. The lowest BCUT2D eigenvalue weighted by Crippen LogP contribution is -2.21. The third kappa shape index (κ3) is 1.61. The average Bonchev–Trinajstić information content (AvgIpc) is 1.84. The van der Waals surface area contributed by atoms with Crippen molar-refractivity contribution in [1.82, 2.24) is 0 Å². The van der Waals surface area contributed by atoms with Crippen LogP contribution in [0.15, 0.2) is 12.2 Å². The van der Waals surface area contributed by atoms with Gasteiger partial charge in [-0.1, -0.05) is 53.5 Å². The summed E-state index contributed by atoms with van der Waals surface area (Å²) in [4.78, 5) is 0. The van der Waals surface area contributed by atoms with Gasteiger partial charge in [0.1, 0.15) is 0 Å². The second-order valence-electron chi connectivity index (χ2n) is 2.35. The Morgan fingerprint density at radius 1 is 1.60 bits per heavy atom. The van der Waals surface area contributed by atoms with Gasteiger partial charge in [0.25, 0.3) is 0 Å². The number of rotatable bonds is 0. The van der Waals surface area contributed by atoms with Gasteiger partial charge >= 0.3 is 0 Å². The Morgan fingerprint density at radius 2 is 2.20 bits per heavy atom. The molecule has 0 bridgehead atoms. The van der Waals surface area contributed by atoms with E-state index in [1.807, 2.05) is 19.1 Å². The fourth-order valence-corrected chi connectivity index (χ4v) is 3.15. The van der Waals surface area contributed by atoms with Crippen molar-refractivity contribution in [1.29, 1.82) is 0 Å². The molecular weight excluding hydrogens is 209 g/mol. The van der Waals surface area contributed by atoms with Crippen molar-refractivity contribution >= 4 is 41.7 Å². The molecule has 0 aliphatic carbocycles. The van der Waals surface area contributed by atoms with Crippen LogP contribution in [0.4, 0.5) is 0 Å². The van der Waals surface area contributed by atoms with Gasteiger partial charge in [0.05, 0.1) is 0 Å². The van der Waals surface area contributed by atoms with Gasteiger partial charge in [-0.3, -0.25) is 0 Å². The lowest BCUT2D eigenvalue weighted by atomic mass is 10.2. The lowest BCUT2D eigenvalue weighted by Gasteiger charge is -2.31. The van der Waals surface area contributed by atoms with Crippen molar-refractivity contribution < 1.29 is 0 Å². The summed E-state index contributed by atoms with van der Waals surface area (Å²) < 4.78 is -0.717. The Kier molecular flexibility index (Phi) is 2.91. The Hall–Kier alpha value is 1.04. The minimum Gasteiger partial charge on any atom is -0.0945 e. The largest absolute Gasteiger partial charge is 0.157 e. The van der Waals surface area contributed by atoms with E-state index in [4.69, 9.17) is 34.4 Å². The van der Waals surface area contributed by atoms with Gasteiger partial charge < -0.3 is 0 Å². The molecule has 0 fully saturated rings. The molecule has 0 aromatic heterocycles. The molecule has 0 spiro atoms. The highest BCUT2D eigenvalue weighted by Crippen LogP contribution is 2.64. The summed E-state index contributed by atoms with van der Waals surface area (Å²) in [5.74, 6) is 0.174. The van der Waals surface area contributed by atoms with Crippen LogP contribution in [-0.2, 0) is 0 Å². The molecule has 0 radical (unpaired) electrons. The fraction of sp³-hybridized carbons (Fsp3) is 0.667. The van der Waals surface area contributed by atoms with Gasteiger partial charge in [-0.25, -0.2) is 0 Å². The first-order valence-electron chi connectivity index (χ1n) is 3.03. The van der Waals surface area contributed by atoms with Gasteiger partial charge in [0.2, 0.25) is 0 Å². The summed E-state index contributed by atoms with van der Waals surface area (Å²) in [5.41, 5.74) is 0. The van der Waals surface area contributed by atoms with Crippen LogP contribution >= 0.6 is 41.7 Å². The topological polar surface area (TPSA) is 0 Å². The predicted molar refractivity (Wildman–Crippen MR) is 50.4 cm³/mol. The summed E-state index contributed by atoms with van der Waals surface area (Å²) in [6.45, 7) is 1.98. The van der Waals surface area contributed by atoms with Crippen molar-refractivity contribution in [3.8, 4) is 0 Å². The number of alkyl halides is 2. The van der Waals surface area contributed by atoms with Crippen LogP contribution in [0.1, 0.15) is 6.92 Å². The molecule has 2 unspecified atom stereocenters. The first-order valence-corrected chi connectivity index (χ1v) is 6.22. The van der Waals surface area contributed by atoms with Gasteiger partial charge in [-0.05, 0) is 0 Å². The lowest BCUT2D eigenvalue weighted by molar-refractivity contribution is 0.746. The maximum atomic E-state index is 5.98. The van der Waals surface area contributed by atoms with Crippen molar-refractivity contribution in [2.75, 3.05) is 6.16 Å². The van der Waals surface area contributed by atoms with Crippen molar-refractivity contribution in [2.45, 2.75) is 11.0 Å². The second kappa shape index (κ2) is 3.19. The molecule has 10 heavy (non-hydrogen) atoms. The number of allylic oxidation sites excluding steroid dienone is 2. The third-order valence-corrected chi connectivity index (χ3v) is 6.79. The predicted octanol–water partition coefficient (Wildman–Crippen LogP) is 3.96. The van der Waals surface area contributed by atoms with E-state index in [-0.39, 0.29) is 5.92 Å². The van der Waals surface area contributed by atoms with Crippen molar-refractivity contribution in [3.63, 3.8) is 0 Å². The van der Waals surface area contributed by atoms with Crippen molar-refractivity contribution in [3.05, 3.63) is 12.2 Å². The van der Waals surface area contributed by atoms with E-state index >= 15 is 0 Å². The molecule has 2 atom stereocenters. The molecule has 1 aliphatic rings. The van der Waals surface area contributed by atoms with E-state index in [0.29, 0.717) is 0 Å². The minimum absolute atomic E-state index is 0.174. The maximum absolute atomic E-state index is 5.98. The Balaban J connectivity index is 2.78. The SMILES string of the molecule is CC1C=CCP(Cl)C1(Cl)Cl. The van der Waals surface area contributed by atoms with Gasteiger partial charge in [-0.15, -0.1) is 0 Å². The van der Waals surface area contributed by atoms with E-state index < -0.39 is 11.3 Å².